The summed E-state index contributed by atoms with van der Waals surface area (Å²) in [4.78, 5) is 24.5. The molecule has 0 fully saturated rings. The largest absolute Gasteiger partial charge is 0.483 e. The summed E-state index contributed by atoms with van der Waals surface area (Å²) >= 11 is 9.21. The number of nitrogens with one attached hydrogen (secondary N) is 2. The predicted molar refractivity (Wildman–Crippen MR) is 107 cm³/mol. The van der Waals surface area contributed by atoms with Crippen LogP contribution < -0.4 is 15.4 Å². The highest BCUT2D eigenvalue weighted by Gasteiger charge is 2.13. The first-order chi connectivity index (χ1) is 12.5. The van der Waals surface area contributed by atoms with Gasteiger partial charge in [0.1, 0.15) is 5.75 Å². The van der Waals surface area contributed by atoms with Gasteiger partial charge in [-0.25, -0.2) is 0 Å². The fourth-order valence-corrected chi connectivity index (χ4v) is 2.98. The van der Waals surface area contributed by atoms with Gasteiger partial charge in [0.15, 0.2) is 6.61 Å². The molecule has 0 aliphatic rings. The summed E-state index contributed by atoms with van der Waals surface area (Å²) in [5.41, 5.74) is 0.870. The molecule has 0 aliphatic carbocycles. The number of unbranched alkanes of at least 4 members (excludes halogenated alkanes) is 1. The van der Waals surface area contributed by atoms with Crippen LogP contribution in [-0.4, -0.2) is 25.0 Å². The molecule has 7 heteroatoms. The lowest BCUT2D eigenvalue weighted by Crippen LogP contribution is -2.27. The van der Waals surface area contributed by atoms with Gasteiger partial charge in [0.25, 0.3) is 11.8 Å². The highest BCUT2D eigenvalue weighted by molar-refractivity contribution is 9.10. The Hall–Kier alpha value is -2.05. The molecule has 0 saturated heterocycles. The van der Waals surface area contributed by atoms with E-state index < -0.39 is 0 Å². The van der Waals surface area contributed by atoms with Crippen LogP contribution in [0.5, 0.6) is 5.75 Å². The van der Waals surface area contributed by atoms with Crippen molar-refractivity contribution in [3.63, 3.8) is 0 Å². The molecule has 0 radical (unpaired) electrons. The Morgan fingerprint density at radius 1 is 1.19 bits per heavy atom. The summed E-state index contributed by atoms with van der Waals surface area (Å²) in [6.07, 6.45) is 1.90. The number of hydrogen-bond donors (Lipinski definition) is 2. The molecule has 5 nitrogen and oxygen atoms in total. The quantitative estimate of drug-likeness (QED) is 0.588. The first-order valence-corrected chi connectivity index (χ1v) is 9.43. The van der Waals surface area contributed by atoms with Gasteiger partial charge in [0.2, 0.25) is 0 Å². The molecule has 0 unspecified atom stereocenters. The molecule has 0 saturated carbocycles. The van der Waals surface area contributed by atoms with Crippen molar-refractivity contribution in [3.05, 3.63) is 57.5 Å². The summed E-state index contributed by atoms with van der Waals surface area (Å²) in [6.45, 7) is 2.47. The maximum absolute atomic E-state index is 12.3. The number of carbonyl (C=O) groups is 2. The molecule has 2 N–H and O–H groups in total. The van der Waals surface area contributed by atoms with E-state index >= 15 is 0 Å². The zero-order chi connectivity index (χ0) is 18.9. The number of rotatable bonds is 8. The van der Waals surface area contributed by atoms with Crippen molar-refractivity contribution >= 4 is 45.0 Å². The summed E-state index contributed by atoms with van der Waals surface area (Å²) in [5, 5.41) is 6.13. The third-order valence-electron chi connectivity index (χ3n) is 3.51. The van der Waals surface area contributed by atoms with Gasteiger partial charge >= 0.3 is 0 Å². The lowest BCUT2D eigenvalue weighted by atomic mass is 10.1. The summed E-state index contributed by atoms with van der Waals surface area (Å²) in [5.74, 6) is -0.0634. The Labute approximate surface area is 166 Å². The molecule has 0 spiro atoms. The van der Waals surface area contributed by atoms with Crippen molar-refractivity contribution in [2.75, 3.05) is 18.5 Å². The normalized spacial score (nSPS) is 10.3. The summed E-state index contributed by atoms with van der Waals surface area (Å²) in [7, 11) is 0. The topological polar surface area (TPSA) is 67.4 Å². The van der Waals surface area contributed by atoms with E-state index in [-0.39, 0.29) is 18.4 Å². The van der Waals surface area contributed by atoms with E-state index in [1.807, 2.05) is 0 Å². The van der Waals surface area contributed by atoms with E-state index in [9.17, 15) is 9.59 Å². The van der Waals surface area contributed by atoms with Crippen LogP contribution in [0.15, 0.2) is 46.9 Å². The third kappa shape index (κ3) is 6.04. The van der Waals surface area contributed by atoms with Crippen LogP contribution in [0.1, 0.15) is 30.1 Å². The van der Waals surface area contributed by atoms with Gasteiger partial charge in [-0.15, -0.1) is 0 Å². The molecule has 2 aromatic rings. The van der Waals surface area contributed by atoms with Crippen LogP contribution in [0.25, 0.3) is 0 Å². The van der Waals surface area contributed by atoms with Gasteiger partial charge in [-0.05, 0) is 52.7 Å². The van der Waals surface area contributed by atoms with E-state index in [0.29, 0.717) is 33.0 Å². The Morgan fingerprint density at radius 3 is 2.69 bits per heavy atom. The molecule has 0 heterocycles. The molecule has 0 aromatic heterocycles. The van der Waals surface area contributed by atoms with Crippen LogP contribution in [0.2, 0.25) is 5.02 Å². The summed E-state index contributed by atoms with van der Waals surface area (Å²) < 4.78 is 6.15. The Balaban J connectivity index is 1.97. The number of amides is 2. The number of halogens is 2. The number of hydrogen-bond acceptors (Lipinski definition) is 3. The van der Waals surface area contributed by atoms with Gasteiger partial charge in [0, 0.05) is 11.6 Å². The fourth-order valence-electron chi connectivity index (χ4n) is 2.19. The van der Waals surface area contributed by atoms with E-state index in [2.05, 4.69) is 33.5 Å². The molecular weight excluding hydrogens is 420 g/mol. The lowest BCUT2D eigenvalue weighted by molar-refractivity contribution is -0.118. The second kappa shape index (κ2) is 10.2. The number of carbonyl (C=O) groups excluding carboxylic acids is 2. The molecule has 0 bridgehead atoms. The van der Waals surface area contributed by atoms with Gasteiger partial charge in [-0.3, -0.25) is 9.59 Å². The van der Waals surface area contributed by atoms with E-state index in [1.54, 1.807) is 42.5 Å². The minimum atomic E-state index is -0.361. The van der Waals surface area contributed by atoms with E-state index in [4.69, 9.17) is 16.3 Å². The standard InChI is InChI=1S/C19H20BrClN2O3/c1-2-3-10-22-19(25)14-6-4-5-7-16(14)23-18(24)12-26-17-9-8-13(21)11-15(17)20/h4-9,11H,2-3,10,12H2,1H3,(H,22,25)(H,23,24). The monoisotopic (exact) mass is 438 g/mol. The van der Waals surface area contributed by atoms with Gasteiger partial charge in [-0.1, -0.05) is 37.1 Å². The first kappa shape index (κ1) is 20.3. The number of anilines is 1. The van der Waals surface area contributed by atoms with Crippen LogP contribution in [0.3, 0.4) is 0 Å². The zero-order valence-corrected chi connectivity index (χ0v) is 16.7. The number of para-hydroxylation sites is 1. The fraction of sp³-hybridized carbons (Fsp3) is 0.263. The minimum Gasteiger partial charge on any atom is -0.483 e. The smallest absolute Gasteiger partial charge is 0.262 e. The minimum absolute atomic E-state index is 0.188. The number of ether oxygens (including phenoxy) is 1. The predicted octanol–water partition coefficient (Wildman–Crippen LogP) is 4.65. The molecule has 2 rings (SSSR count). The van der Waals surface area contributed by atoms with E-state index in [1.165, 1.54) is 0 Å². The van der Waals surface area contributed by atoms with Crippen LogP contribution in [0, 0.1) is 0 Å². The third-order valence-corrected chi connectivity index (χ3v) is 4.37. The van der Waals surface area contributed by atoms with Crippen molar-refractivity contribution in [2.24, 2.45) is 0 Å². The van der Waals surface area contributed by atoms with Crippen molar-refractivity contribution in [1.29, 1.82) is 0 Å². The van der Waals surface area contributed by atoms with E-state index in [0.717, 1.165) is 12.8 Å². The van der Waals surface area contributed by atoms with Crippen molar-refractivity contribution in [2.45, 2.75) is 19.8 Å². The van der Waals surface area contributed by atoms with Crippen LogP contribution in [-0.2, 0) is 4.79 Å². The summed E-state index contributed by atoms with van der Waals surface area (Å²) in [6, 6.07) is 11.9. The molecule has 2 aromatic carbocycles. The number of benzene rings is 2. The van der Waals surface area contributed by atoms with Crippen LogP contribution in [0.4, 0.5) is 5.69 Å². The molecule has 0 aliphatic heterocycles. The average molecular weight is 440 g/mol. The second-order valence-electron chi connectivity index (χ2n) is 5.57. The molecule has 26 heavy (non-hydrogen) atoms. The van der Waals surface area contributed by atoms with Crippen molar-refractivity contribution in [1.82, 2.24) is 5.32 Å². The maximum Gasteiger partial charge on any atom is 0.262 e. The molecule has 2 amide bonds. The zero-order valence-electron chi connectivity index (χ0n) is 14.4. The van der Waals surface area contributed by atoms with Crippen molar-refractivity contribution in [3.8, 4) is 5.75 Å². The first-order valence-electron chi connectivity index (χ1n) is 8.26. The maximum atomic E-state index is 12.3. The van der Waals surface area contributed by atoms with Crippen molar-refractivity contribution < 1.29 is 14.3 Å². The Bertz CT molecular complexity index is 783. The average Bonchev–Trinajstić information content (AvgIpc) is 2.61. The van der Waals surface area contributed by atoms with Gasteiger partial charge in [0.05, 0.1) is 15.7 Å². The lowest BCUT2D eigenvalue weighted by Gasteiger charge is -2.12. The highest BCUT2D eigenvalue weighted by atomic mass is 79.9. The Kier molecular flexibility index (Phi) is 7.94. The molecular formula is C19H20BrClN2O3. The van der Waals surface area contributed by atoms with Gasteiger partial charge in [-0.2, -0.15) is 0 Å². The molecule has 0 atom stereocenters. The second-order valence-corrected chi connectivity index (χ2v) is 6.86. The molecule has 138 valence electrons. The van der Waals surface area contributed by atoms with Gasteiger partial charge < -0.3 is 15.4 Å². The SMILES string of the molecule is CCCCNC(=O)c1ccccc1NC(=O)COc1ccc(Cl)cc1Br. The van der Waals surface area contributed by atoms with Crippen LogP contribution >= 0.6 is 27.5 Å². The Morgan fingerprint density at radius 2 is 1.96 bits per heavy atom. The highest BCUT2D eigenvalue weighted by Crippen LogP contribution is 2.28.